The Kier molecular flexibility index (Phi) is 3.88. The molecule has 0 spiro atoms. The van der Waals surface area contributed by atoms with E-state index in [0.29, 0.717) is 25.3 Å². The third-order valence-electron chi connectivity index (χ3n) is 2.52. The first-order valence-corrected chi connectivity index (χ1v) is 5.46. The molecule has 0 unspecified atom stereocenters. The fourth-order valence-corrected chi connectivity index (χ4v) is 1.22. The molecular weight excluding hydrogens is 206 g/mol. The molecule has 0 saturated heterocycles. The SMILES string of the molecule is CC(C)CNC(=O)CNC(=O)C1(C#N)CC1. The van der Waals surface area contributed by atoms with Gasteiger partial charge in [0.25, 0.3) is 0 Å². The highest BCUT2D eigenvalue weighted by molar-refractivity contribution is 5.91. The predicted octanol–water partition coefficient (Wildman–Crippen LogP) is 0.179. The number of carbonyl (C=O) groups is 2. The van der Waals surface area contributed by atoms with Crippen molar-refractivity contribution in [3.8, 4) is 6.07 Å². The fraction of sp³-hybridized carbons (Fsp3) is 0.727. The van der Waals surface area contributed by atoms with Crippen LogP contribution in [0.5, 0.6) is 0 Å². The fourth-order valence-electron chi connectivity index (χ4n) is 1.22. The van der Waals surface area contributed by atoms with E-state index in [9.17, 15) is 9.59 Å². The second-order valence-corrected chi connectivity index (χ2v) is 4.57. The average molecular weight is 223 g/mol. The molecular formula is C11H17N3O2. The van der Waals surface area contributed by atoms with Crippen molar-refractivity contribution in [1.29, 1.82) is 5.26 Å². The Balaban J connectivity index is 2.22. The number of rotatable bonds is 5. The molecule has 0 aromatic rings. The molecule has 1 aliphatic rings. The largest absolute Gasteiger partial charge is 0.354 e. The van der Waals surface area contributed by atoms with Crippen molar-refractivity contribution in [2.24, 2.45) is 11.3 Å². The van der Waals surface area contributed by atoms with Crippen molar-refractivity contribution in [1.82, 2.24) is 10.6 Å². The zero-order chi connectivity index (χ0) is 12.2. The van der Waals surface area contributed by atoms with Crippen LogP contribution in [0.3, 0.4) is 0 Å². The molecule has 88 valence electrons. The molecule has 0 aromatic carbocycles. The van der Waals surface area contributed by atoms with Gasteiger partial charge in [0.2, 0.25) is 11.8 Å². The van der Waals surface area contributed by atoms with E-state index in [1.54, 1.807) is 0 Å². The van der Waals surface area contributed by atoms with Crippen LogP contribution in [0.15, 0.2) is 0 Å². The maximum atomic E-state index is 11.5. The first kappa shape index (κ1) is 12.5. The van der Waals surface area contributed by atoms with Gasteiger partial charge in [-0.2, -0.15) is 5.26 Å². The topological polar surface area (TPSA) is 82.0 Å². The molecule has 1 saturated carbocycles. The molecule has 2 N–H and O–H groups in total. The Labute approximate surface area is 95.2 Å². The standard InChI is InChI=1S/C11H17N3O2/c1-8(2)5-13-9(15)6-14-10(16)11(7-12)3-4-11/h8H,3-6H2,1-2H3,(H,13,15)(H,14,16). The molecule has 1 fully saturated rings. The summed E-state index contributed by atoms with van der Waals surface area (Å²) >= 11 is 0. The quantitative estimate of drug-likeness (QED) is 0.697. The van der Waals surface area contributed by atoms with Gasteiger partial charge in [0.15, 0.2) is 0 Å². The first-order valence-electron chi connectivity index (χ1n) is 5.46. The Bertz CT molecular complexity index is 327. The van der Waals surface area contributed by atoms with Gasteiger partial charge in [0.05, 0.1) is 12.6 Å². The van der Waals surface area contributed by atoms with Gasteiger partial charge in [-0.15, -0.1) is 0 Å². The van der Waals surface area contributed by atoms with Gasteiger partial charge < -0.3 is 10.6 Å². The van der Waals surface area contributed by atoms with Gasteiger partial charge in [-0.1, -0.05) is 13.8 Å². The van der Waals surface area contributed by atoms with Crippen LogP contribution in [0.4, 0.5) is 0 Å². The second-order valence-electron chi connectivity index (χ2n) is 4.57. The summed E-state index contributed by atoms with van der Waals surface area (Å²) in [6.07, 6.45) is 1.20. The molecule has 1 rings (SSSR count). The maximum Gasteiger partial charge on any atom is 0.240 e. The van der Waals surface area contributed by atoms with Crippen LogP contribution in [-0.2, 0) is 9.59 Å². The lowest BCUT2D eigenvalue weighted by Gasteiger charge is -2.10. The van der Waals surface area contributed by atoms with E-state index < -0.39 is 5.41 Å². The third-order valence-corrected chi connectivity index (χ3v) is 2.52. The van der Waals surface area contributed by atoms with Gasteiger partial charge >= 0.3 is 0 Å². The van der Waals surface area contributed by atoms with Crippen molar-refractivity contribution >= 4 is 11.8 Å². The van der Waals surface area contributed by atoms with E-state index in [0.717, 1.165) is 0 Å². The van der Waals surface area contributed by atoms with Gasteiger partial charge in [-0.25, -0.2) is 0 Å². The number of hydrogen-bond acceptors (Lipinski definition) is 3. The highest BCUT2D eigenvalue weighted by Crippen LogP contribution is 2.44. The highest BCUT2D eigenvalue weighted by atomic mass is 16.2. The van der Waals surface area contributed by atoms with E-state index in [1.165, 1.54) is 0 Å². The Morgan fingerprint density at radius 2 is 2.00 bits per heavy atom. The van der Waals surface area contributed by atoms with Crippen molar-refractivity contribution in [3.05, 3.63) is 0 Å². The smallest absolute Gasteiger partial charge is 0.240 e. The van der Waals surface area contributed by atoms with E-state index >= 15 is 0 Å². The van der Waals surface area contributed by atoms with Gasteiger partial charge in [0.1, 0.15) is 5.41 Å². The summed E-state index contributed by atoms with van der Waals surface area (Å²) in [7, 11) is 0. The zero-order valence-corrected chi connectivity index (χ0v) is 9.67. The number of hydrogen-bond donors (Lipinski definition) is 2. The van der Waals surface area contributed by atoms with Crippen LogP contribution in [0.25, 0.3) is 0 Å². The molecule has 0 aromatic heterocycles. The molecule has 1 aliphatic carbocycles. The number of nitriles is 1. The Hall–Kier alpha value is -1.57. The van der Waals surface area contributed by atoms with Crippen LogP contribution in [0.2, 0.25) is 0 Å². The monoisotopic (exact) mass is 223 g/mol. The van der Waals surface area contributed by atoms with Crippen LogP contribution < -0.4 is 10.6 Å². The van der Waals surface area contributed by atoms with Gasteiger partial charge in [-0.05, 0) is 18.8 Å². The number of amides is 2. The van der Waals surface area contributed by atoms with Gasteiger partial charge in [-0.3, -0.25) is 9.59 Å². The van der Waals surface area contributed by atoms with Crippen molar-refractivity contribution in [3.63, 3.8) is 0 Å². The lowest BCUT2D eigenvalue weighted by Crippen LogP contribution is -2.40. The number of carbonyl (C=O) groups excluding carboxylic acids is 2. The Morgan fingerprint density at radius 1 is 1.38 bits per heavy atom. The molecule has 0 aliphatic heterocycles. The molecule has 0 bridgehead atoms. The first-order chi connectivity index (χ1) is 7.50. The number of nitrogens with one attached hydrogen (secondary N) is 2. The summed E-state index contributed by atoms with van der Waals surface area (Å²) in [4.78, 5) is 22.8. The highest BCUT2D eigenvalue weighted by Gasteiger charge is 2.50. The van der Waals surface area contributed by atoms with Crippen LogP contribution >= 0.6 is 0 Å². The molecule has 0 radical (unpaired) electrons. The predicted molar refractivity (Wildman–Crippen MR) is 58.1 cm³/mol. The van der Waals surface area contributed by atoms with Crippen LogP contribution in [-0.4, -0.2) is 24.9 Å². The van der Waals surface area contributed by atoms with Crippen LogP contribution in [0.1, 0.15) is 26.7 Å². The van der Waals surface area contributed by atoms with E-state index in [1.807, 2.05) is 19.9 Å². The summed E-state index contributed by atoms with van der Waals surface area (Å²) in [5, 5.41) is 13.9. The Morgan fingerprint density at radius 3 is 2.44 bits per heavy atom. The minimum Gasteiger partial charge on any atom is -0.354 e. The minimum atomic E-state index is -0.849. The lowest BCUT2D eigenvalue weighted by molar-refractivity contribution is -0.128. The molecule has 5 nitrogen and oxygen atoms in total. The summed E-state index contributed by atoms with van der Waals surface area (Å²) in [6.45, 7) is 4.54. The van der Waals surface area contributed by atoms with Crippen molar-refractivity contribution in [2.45, 2.75) is 26.7 Å². The van der Waals surface area contributed by atoms with Gasteiger partial charge in [0, 0.05) is 6.54 Å². The van der Waals surface area contributed by atoms with E-state index in [4.69, 9.17) is 5.26 Å². The molecule has 5 heteroatoms. The summed E-state index contributed by atoms with van der Waals surface area (Å²) < 4.78 is 0. The molecule has 2 amide bonds. The summed E-state index contributed by atoms with van der Waals surface area (Å²) in [5.74, 6) is -0.154. The molecule has 0 atom stereocenters. The second kappa shape index (κ2) is 4.97. The zero-order valence-electron chi connectivity index (χ0n) is 9.67. The molecule has 0 heterocycles. The number of nitrogens with zero attached hydrogens (tertiary/aromatic N) is 1. The summed E-state index contributed by atoms with van der Waals surface area (Å²) in [6, 6.07) is 1.98. The average Bonchev–Trinajstić information content (AvgIpc) is 3.03. The van der Waals surface area contributed by atoms with Crippen molar-refractivity contribution < 1.29 is 9.59 Å². The minimum absolute atomic E-state index is 0.0466. The third kappa shape index (κ3) is 3.23. The normalized spacial score (nSPS) is 16.4. The summed E-state index contributed by atoms with van der Waals surface area (Å²) in [5.41, 5.74) is -0.849. The molecule has 16 heavy (non-hydrogen) atoms. The lowest BCUT2D eigenvalue weighted by atomic mass is 10.1. The van der Waals surface area contributed by atoms with E-state index in [-0.39, 0.29) is 18.4 Å². The van der Waals surface area contributed by atoms with Crippen LogP contribution in [0, 0.1) is 22.7 Å². The maximum absolute atomic E-state index is 11.5. The van der Waals surface area contributed by atoms with Crippen molar-refractivity contribution in [2.75, 3.05) is 13.1 Å². The van der Waals surface area contributed by atoms with E-state index in [2.05, 4.69) is 10.6 Å².